The van der Waals surface area contributed by atoms with E-state index in [1.54, 1.807) is 6.07 Å². The zero-order chi connectivity index (χ0) is 9.68. The Morgan fingerprint density at radius 2 is 2.23 bits per heavy atom. The minimum Gasteiger partial charge on any atom is -0.493 e. The molecule has 2 nitrogen and oxygen atoms in total. The van der Waals surface area contributed by atoms with E-state index >= 15 is 0 Å². The summed E-state index contributed by atoms with van der Waals surface area (Å²) in [5.74, 6) is 0.721. The van der Waals surface area contributed by atoms with Gasteiger partial charge in [0.05, 0.1) is 12.2 Å². The second kappa shape index (κ2) is 5.25. The summed E-state index contributed by atoms with van der Waals surface area (Å²) >= 11 is 6.53. The van der Waals surface area contributed by atoms with E-state index in [0.717, 1.165) is 15.6 Å². The van der Waals surface area contributed by atoms with Crippen LogP contribution < -0.4 is 4.74 Å². The van der Waals surface area contributed by atoms with Gasteiger partial charge >= 0.3 is 0 Å². The number of rotatable bonds is 3. The van der Waals surface area contributed by atoms with E-state index in [-0.39, 0.29) is 0 Å². The SMILES string of the molecule is N#Cc1cc(OCCBr)ccc1Br. The number of ether oxygens (including phenoxy) is 1. The van der Waals surface area contributed by atoms with Gasteiger partial charge in [0.25, 0.3) is 0 Å². The van der Waals surface area contributed by atoms with Crippen LogP contribution in [0.15, 0.2) is 22.7 Å². The minimum absolute atomic E-state index is 0.590. The highest BCUT2D eigenvalue weighted by Gasteiger charge is 2.00. The van der Waals surface area contributed by atoms with Crippen LogP contribution in [0.4, 0.5) is 0 Å². The Balaban J connectivity index is 2.82. The fraction of sp³-hybridized carbons (Fsp3) is 0.222. The Morgan fingerprint density at radius 1 is 1.46 bits per heavy atom. The van der Waals surface area contributed by atoms with Crippen LogP contribution in [0, 0.1) is 11.3 Å². The van der Waals surface area contributed by atoms with E-state index in [2.05, 4.69) is 37.9 Å². The Kier molecular flexibility index (Phi) is 4.26. The first kappa shape index (κ1) is 10.6. The fourth-order valence-corrected chi connectivity index (χ4v) is 1.33. The number of halogens is 2. The van der Waals surface area contributed by atoms with Crippen LogP contribution in [0.3, 0.4) is 0 Å². The van der Waals surface area contributed by atoms with Crippen molar-refractivity contribution in [3.05, 3.63) is 28.2 Å². The predicted octanol–water partition coefficient (Wildman–Crippen LogP) is 3.09. The topological polar surface area (TPSA) is 33.0 Å². The van der Waals surface area contributed by atoms with Crippen molar-refractivity contribution in [3.63, 3.8) is 0 Å². The van der Waals surface area contributed by atoms with Gasteiger partial charge in [0.2, 0.25) is 0 Å². The summed E-state index contributed by atoms with van der Waals surface area (Å²) in [5.41, 5.74) is 0.590. The molecule has 0 amide bonds. The molecule has 0 radical (unpaired) electrons. The second-order valence-corrected chi connectivity index (χ2v) is 3.94. The molecule has 13 heavy (non-hydrogen) atoms. The second-order valence-electron chi connectivity index (χ2n) is 2.29. The highest BCUT2D eigenvalue weighted by atomic mass is 79.9. The molecule has 0 spiro atoms. The lowest BCUT2D eigenvalue weighted by Gasteiger charge is -2.04. The summed E-state index contributed by atoms with van der Waals surface area (Å²) in [6.07, 6.45) is 0. The number of alkyl halides is 1. The third kappa shape index (κ3) is 3.02. The van der Waals surface area contributed by atoms with Crippen LogP contribution in [0.5, 0.6) is 5.75 Å². The van der Waals surface area contributed by atoms with E-state index in [1.165, 1.54) is 0 Å². The molecule has 68 valence electrons. The summed E-state index contributed by atoms with van der Waals surface area (Å²) in [5, 5.41) is 9.51. The van der Waals surface area contributed by atoms with Crippen molar-refractivity contribution in [2.75, 3.05) is 11.9 Å². The lowest BCUT2D eigenvalue weighted by Crippen LogP contribution is -1.97. The molecule has 1 rings (SSSR count). The Labute approximate surface area is 93.8 Å². The quantitative estimate of drug-likeness (QED) is 0.804. The molecule has 4 heteroatoms. The van der Waals surface area contributed by atoms with Crippen LogP contribution in [-0.2, 0) is 0 Å². The first-order valence-corrected chi connectivity index (χ1v) is 5.58. The summed E-state index contributed by atoms with van der Waals surface area (Å²) in [6, 6.07) is 7.42. The van der Waals surface area contributed by atoms with Crippen LogP contribution in [-0.4, -0.2) is 11.9 Å². The summed E-state index contributed by atoms with van der Waals surface area (Å²) < 4.78 is 6.13. The number of nitrogens with zero attached hydrogens (tertiary/aromatic N) is 1. The van der Waals surface area contributed by atoms with E-state index in [0.29, 0.717) is 12.2 Å². The average molecular weight is 305 g/mol. The van der Waals surface area contributed by atoms with Gasteiger partial charge < -0.3 is 4.74 Å². The average Bonchev–Trinajstić information content (AvgIpc) is 2.16. The molecule has 0 atom stereocenters. The molecule has 0 aliphatic carbocycles. The zero-order valence-electron chi connectivity index (χ0n) is 6.76. The van der Waals surface area contributed by atoms with Gasteiger partial charge in [-0.25, -0.2) is 0 Å². The van der Waals surface area contributed by atoms with Crippen molar-refractivity contribution in [1.82, 2.24) is 0 Å². The van der Waals surface area contributed by atoms with Gasteiger partial charge in [-0.05, 0) is 34.1 Å². The molecule has 0 bridgehead atoms. The molecule has 0 aromatic heterocycles. The molecule has 0 heterocycles. The predicted molar refractivity (Wildman–Crippen MR) is 58.1 cm³/mol. The highest BCUT2D eigenvalue weighted by Crippen LogP contribution is 2.21. The summed E-state index contributed by atoms with van der Waals surface area (Å²) in [4.78, 5) is 0. The van der Waals surface area contributed by atoms with Gasteiger partial charge in [-0.15, -0.1) is 0 Å². The van der Waals surface area contributed by atoms with Crippen molar-refractivity contribution >= 4 is 31.9 Å². The Bertz CT molecular complexity index is 333. The Morgan fingerprint density at radius 3 is 2.85 bits per heavy atom. The molecular weight excluding hydrogens is 298 g/mol. The lowest BCUT2D eigenvalue weighted by molar-refractivity contribution is 0.345. The zero-order valence-corrected chi connectivity index (χ0v) is 9.93. The smallest absolute Gasteiger partial charge is 0.120 e. The molecule has 0 saturated carbocycles. The first-order valence-electron chi connectivity index (χ1n) is 3.66. The molecule has 0 aliphatic heterocycles. The van der Waals surface area contributed by atoms with Gasteiger partial charge in [-0.1, -0.05) is 15.9 Å². The standard InChI is InChI=1S/C9H7Br2NO/c10-3-4-13-8-1-2-9(11)7(5-8)6-12/h1-2,5H,3-4H2. The van der Waals surface area contributed by atoms with Crippen molar-refractivity contribution in [1.29, 1.82) is 5.26 Å². The van der Waals surface area contributed by atoms with Crippen LogP contribution in [0.25, 0.3) is 0 Å². The van der Waals surface area contributed by atoms with E-state index < -0.39 is 0 Å². The van der Waals surface area contributed by atoms with Gasteiger partial charge in [0, 0.05) is 9.80 Å². The molecule has 0 saturated heterocycles. The number of benzene rings is 1. The molecule has 0 N–H and O–H groups in total. The van der Waals surface area contributed by atoms with Gasteiger partial charge in [-0.3, -0.25) is 0 Å². The van der Waals surface area contributed by atoms with Crippen molar-refractivity contribution in [3.8, 4) is 11.8 Å². The summed E-state index contributed by atoms with van der Waals surface area (Å²) in [7, 11) is 0. The molecule has 1 aromatic rings. The molecular formula is C9H7Br2NO. The fourth-order valence-electron chi connectivity index (χ4n) is 0.836. The third-order valence-electron chi connectivity index (χ3n) is 1.40. The van der Waals surface area contributed by atoms with Gasteiger partial charge in [0.15, 0.2) is 0 Å². The maximum atomic E-state index is 8.72. The maximum Gasteiger partial charge on any atom is 0.120 e. The normalized spacial score (nSPS) is 9.31. The van der Waals surface area contributed by atoms with Crippen LogP contribution in [0.1, 0.15) is 5.56 Å². The van der Waals surface area contributed by atoms with E-state index in [9.17, 15) is 0 Å². The highest BCUT2D eigenvalue weighted by molar-refractivity contribution is 9.10. The maximum absolute atomic E-state index is 8.72. The lowest BCUT2D eigenvalue weighted by atomic mass is 10.2. The van der Waals surface area contributed by atoms with Crippen LogP contribution in [0.2, 0.25) is 0 Å². The van der Waals surface area contributed by atoms with Gasteiger partial charge in [-0.2, -0.15) is 5.26 Å². The molecule has 0 fully saturated rings. The number of nitriles is 1. The van der Waals surface area contributed by atoms with Gasteiger partial charge in [0.1, 0.15) is 11.8 Å². The monoisotopic (exact) mass is 303 g/mol. The first-order chi connectivity index (χ1) is 6.27. The molecule has 0 aliphatic rings. The van der Waals surface area contributed by atoms with E-state index in [4.69, 9.17) is 10.00 Å². The van der Waals surface area contributed by atoms with Crippen molar-refractivity contribution in [2.24, 2.45) is 0 Å². The molecule has 0 unspecified atom stereocenters. The summed E-state index contributed by atoms with van der Waals surface area (Å²) in [6.45, 7) is 0.604. The number of hydrogen-bond acceptors (Lipinski definition) is 2. The van der Waals surface area contributed by atoms with E-state index in [1.807, 2.05) is 12.1 Å². The largest absolute Gasteiger partial charge is 0.493 e. The molecule has 1 aromatic carbocycles. The third-order valence-corrected chi connectivity index (χ3v) is 2.42. The minimum atomic E-state index is 0.590. The number of hydrogen-bond donors (Lipinski definition) is 0. The van der Waals surface area contributed by atoms with Crippen molar-refractivity contribution in [2.45, 2.75) is 0 Å². The van der Waals surface area contributed by atoms with Crippen molar-refractivity contribution < 1.29 is 4.74 Å². The van der Waals surface area contributed by atoms with Crippen LogP contribution >= 0.6 is 31.9 Å². The Hall–Kier alpha value is -0.530.